The fraction of sp³-hybridized carbons (Fsp3) is 0.708. The highest BCUT2D eigenvalue weighted by atomic mass is 19.4. The van der Waals surface area contributed by atoms with Crippen LogP contribution in [0.3, 0.4) is 0 Å². The highest BCUT2D eigenvalue weighted by Gasteiger charge is 2.78. The van der Waals surface area contributed by atoms with Crippen molar-refractivity contribution in [3.8, 4) is 5.75 Å². The van der Waals surface area contributed by atoms with Gasteiger partial charge < -0.3 is 19.7 Å². The number of fused-ring (bicyclic) bond motifs is 1. The molecule has 0 spiro atoms. The van der Waals surface area contributed by atoms with Crippen LogP contribution >= 0.6 is 0 Å². The summed E-state index contributed by atoms with van der Waals surface area (Å²) in [7, 11) is 0. The Kier molecular flexibility index (Phi) is 5.27. The molecular formula is C24H30F5N3O2. The van der Waals surface area contributed by atoms with E-state index in [0.717, 1.165) is 6.07 Å². The van der Waals surface area contributed by atoms with E-state index < -0.39 is 34.6 Å². The molecule has 3 atom stereocenters. The number of ether oxygens (including phenoxy) is 1. The van der Waals surface area contributed by atoms with Crippen molar-refractivity contribution >= 4 is 11.0 Å². The first-order valence-corrected chi connectivity index (χ1v) is 11.7. The average molecular weight is 488 g/mol. The summed E-state index contributed by atoms with van der Waals surface area (Å²) in [6.45, 7) is 5.55. The summed E-state index contributed by atoms with van der Waals surface area (Å²) >= 11 is 0. The van der Waals surface area contributed by atoms with E-state index in [1.54, 1.807) is 13.8 Å². The molecule has 3 aliphatic carbocycles. The number of alkyl halides is 5. The molecule has 1 aromatic carbocycles. The van der Waals surface area contributed by atoms with Crippen LogP contribution in [0.25, 0.3) is 11.0 Å². The summed E-state index contributed by atoms with van der Waals surface area (Å²) in [6, 6.07) is 1.91. The van der Waals surface area contributed by atoms with Crippen molar-refractivity contribution in [3.05, 3.63) is 24.0 Å². The Morgan fingerprint density at radius 2 is 1.88 bits per heavy atom. The van der Waals surface area contributed by atoms with E-state index in [2.05, 4.69) is 10.3 Å². The third-order valence-corrected chi connectivity index (χ3v) is 8.23. The van der Waals surface area contributed by atoms with Gasteiger partial charge in [-0.25, -0.2) is 13.8 Å². The van der Waals surface area contributed by atoms with Crippen molar-refractivity contribution in [3.63, 3.8) is 0 Å². The minimum atomic E-state index is -4.58. The largest absolute Gasteiger partial charge is 0.492 e. The zero-order valence-electron chi connectivity index (χ0n) is 19.4. The van der Waals surface area contributed by atoms with Gasteiger partial charge in [0.2, 0.25) is 6.43 Å². The second-order valence-corrected chi connectivity index (χ2v) is 11.1. The van der Waals surface area contributed by atoms with Crippen molar-refractivity contribution in [2.75, 3.05) is 6.61 Å². The normalized spacial score (nSPS) is 35.5. The van der Waals surface area contributed by atoms with Crippen molar-refractivity contribution in [1.82, 2.24) is 14.9 Å². The van der Waals surface area contributed by atoms with Crippen molar-refractivity contribution < 1.29 is 31.8 Å². The summed E-state index contributed by atoms with van der Waals surface area (Å²) in [5.74, 6) is 0.0552. The standard InChI is InChI=1S/C24H30F5N3O2/c1-13(2)32-12-30-18-5-16(4-17(19(18)32)24(27,28)29)34-8-15-7-23(33,6-14(3)31-15)22-9-21(10-22,11-22)20(25)26/h4-5,12-15,20,31,33H,6-11H2,1-3H3/t14-,15-,21?,22?,23-/m0/s1. The fourth-order valence-electron chi connectivity index (χ4n) is 6.68. The Hall–Kier alpha value is -1.94. The van der Waals surface area contributed by atoms with Gasteiger partial charge in [-0.3, -0.25) is 0 Å². The molecule has 2 heterocycles. The van der Waals surface area contributed by atoms with Crippen LogP contribution in [0.4, 0.5) is 22.0 Å². The maximum absolute atomic E-state index is 13.8. The predicted octanol–water partition coefficient (Wildman–Crippen LogP) is 5.32. The molecule has 4 aliphatic rings. The number of aromatic nitrogens is 2. The molecule has 3 saturated carbocycles. The molecule has 1 saturated heterocycles. The topological polar surface area (TPSA) is 59.3 Å². The van der Waals surface area contributed by atoms with Gasteiger partial charge in [0.1, 0.15) is 12.4 Å². The number of hydrogen-bond acceptors (Lipinski definition) is 4. The van der Waals surface area contributed by atoms with E-state index in [1.807, 2.05) is 6.92 Å². The van der Waals surface area contributed by atoms with Gasteiger partial charge in [-0.2, -0.15) is 13.2 Å². The first kappa shape index (κ1) is 23.8. The van der Waals surface area contributed by atoms with E-state index >= 15 is 0 Å². The lowest BCUT2D eigenvalue weighted by molar-refractivity contribution is -0.341. The second-order valence-electron chi connectivity index (χ2n) is 11.1. The number of rotatable bonds is 6. The van der Waals surface area contributed by atoms with Crippen LogP contribution in [-0.4, -0.2) is 45.4 Å². The van der Waals surface area contributed by atoms with Gasteiger partial charge in [-0.05, 0) is 58.9 Å². The Labute approximate surface area is 194 Å². The van der Waals surface area contributed by atoms with E-state index in [-0.39, 0.29) is 41.5 Å². The highest BCUT2D eigenvalue weighted by Crippen LogP contribution is 2.80. The Bertz CT molecular complexity index is 1080. The predicted molar refractivity (Wildman–Crippen MR) is 116 cm³/mol. The van der Waals surface area contributed by atoms with E-state index in [4.69, 9.17) is 4.74 Å². The number of halogens is 5. The number of imidazole rings is 1. The zero-order chi connectivity index (χ0) is 24.7. The number of nitrogens with zero attached hydrogens (tertiary/aromatic N) is 2. The summed E-state index contributed by atoms with van der Waals surface area (Å²) in [4.78, 5) is 4.15. The maximum atomic E-state index is 13.8. The van der Waals surface area contributed by atoms with Crippen LogP contribution in [-0.2, 0) is 6.18 Å². The molecule has 2 N–H and O–H groups in total. The number of aliphatic hydroxyl groups is 1. The third kappa shape index (κ3) is 3.51. The molecule has 34 heavy (non-hydrogen) atoms. The van der Waals surface area contributed by atoms with Gasteiger partial charge in [-0.15, -0.1) is 0 Å². The number of benzene rings is 1. The molecule has 5 nitrogen and oxygen atoms in total. The molecule has 0 radical (unpaired) electrons. The van der Waals surface area contributed by atoms with Gasteiger partial charge in [0.05, 0.1) is 28.5 Å². The molecule has 2 aromatic rings. The molecule has 4 fully saturated rings. The van der Waals surface area contributed by atoms with Crippen molar-refractivity contribution in [2.24, 2.45) is 10.8 Å². The number of piperidine rings is 1. The van der Waals surface area contributed by atoms with Gasteiger partial charge in [0.25, 0.3) is 0 Å². The summed E-state index contributed by atoms with van der Waals surface area (Å²) in [5, 5.41) is 14.8. The molecule has 6 rings (SSSR count). The monoisotopic (exact) mass is 487 g/mol. The Morgan fingerprint density at radius 3 is 2.47 bits per heavy atom. The molecule has 1 aliphatic heterocycles. The summed E-state index contributed by atoms with van der Waals surface area (Å²) in [5.41, 5.74) is -3.09. The summed E-state index contributed by atoms with van der Waals surface area (Å²) < 4.78 is 75.4. The molecule has 2 bridgehead atoms. The SMILES string of the molecule is CC(C)n1cnc2cc(OC[C@@H]3C[C@](O)(C45CC(C(F)F)(C4)C5)C[C@H](C)N3)cc(C(F)(F)F)c21. The molecule has 188 valence electrons. The Balaban J connectivity index is 1.33. The van der Waals surface area contributed by atoms with Crippen LogP contribution in [0, 0.1) is 10.8 Å². The molecule has 10 heteroatoms. The lowest BCUT2D eigenvalue weighted by Gasteiger charge is -2.76. The Morgan fingerprint density at radius 1 is 1.21 bits per heavy atom. The van der Waals surface area contributed by atoms with Gasteiger partial charge in [0, 0.05) is 35.0 Å². The second kappa shape index (κ2) is 7.53. The van der Waals surface area contributed by atoms with Crippen molar-refractivity contribution in [2.45, 2.75) is 89.2 Å². The lowest BCUT2D eigenvalue weighted by Crippen LogP contribution is -2.76. The minimum Gasteiger partial charge on any atom is -0.492 e. The van der Waals surface area contributed by atoms with E-state index in [1.165, 1.54) is 17.0 Å². The third-order valence-electron chi connectivity index (χ3n) is 8.23. The molecular weight excluding hydrogens is 457 g/mol. The van der Waals surface area contributed by atoms with Gasteiger partial charge in [-0.1, -0.05) is 0 Å². The van der Waals surface area contributed by atoms with Crippen LogP contribution < -0.4 is 10.1 Å². The molecule has 0 amide bonds. The fourth-order valence-corrected chi connectivity index (χ4v) is 6.68. The quantitative estimate of drug-likeness (QED) is 0.542. The minimum absolute atomic E-state index is 0.0187. The van der Waals surface area contributed by atoms with Gasteiger partial charge >= 0.3 is 6.18 Å². The molecule has 0 unspecified atom stereocenters. The van der Waals surface area contributed by atoms with Crippen LogP contribution in [0.1, 0.15) is 64.5 Å². The van der Waals surface area contributed by atoms with E-state index in [9.17, 15) is 27.1 Å². The first-order chi connectivity index (χ1) is 15.8. The lowest BCUT2D eigenvalue weighted by atomic mass is 9.30. The number of hydrogen-bond donors (Lipinski definition) is 2. The maximum Gasteiger partial charge on any atom is 0.418 e. The first-order valence-electron chi connectivity index (χ1n) is 11.7. The van der Waals surface area contributed by atoms with Crippen molar-refractivity contribution in [1.29, 1.82) is 0 Å². The highest BCUT2D eigenvalue weighted by molar-refractivity contribution is 5.81. The zero-order valence-corrected chi connectivity index (χ0v) is 19.4. The van der Waals surface area contributed by atoms with Crippen LogP contribution in [0.5, 0.6) is 5.75 Å². The number of nitrogens with one attached hydrogen (secondary N) is 1. The van der Waals surface area contributed by atoms with Crippen LogP contribution in [0.15, 0.2) is 18.5 Å². The smallest absolute Gasteiger partial charge is 0.418 e. The average Bonchev–Trinajstić information content (AvgIpc) is 3.05. The summed E-state index contributed by atoms with van der Waals surface area (Å²) in [6.07, 6.45) is -3.78. The van der Waals surface area contributed by atoms with E-state index in [0.29, 0.717) is 32.1 Å². The van der Waals surface area contributed by atoms with Crippen LogP contribution in [0.2, 0.25) is 0 Å². The van der Waals surface area contributed by atoms with Gasteiger partial charge in [0.15, 0.2) is 0 Å². The molecule has 1 aromatic heterocycles.